The van der Waals surface area contributed by atoms with Gasteiger partial charge in [-0.3, -0.25) is 4.79 Å². The molecule has 1 amide bonds. The zero-order valence-electron chi connectivity index (χ0n) is 9.55. The molecule has 3 rings (SSSR count). The van der Waals surface area contributed by atoms with E-state index in [0.717, 1.165) is 18.5 Å². The number of hydrogen-bond donors (Lipinski definition) is 1. The Hall–Kier alpha value is -1.31. The fraction of sp³-hybridized carbons (Fsp3) is 0.462. The minimum Gasteiger partial charge on any atom is -0.325 e. The summed E-state index contributed by atoms with van der Waals surface area (Å²) in [6.07, 6.45) is 2.05. The quantitative estimate of drug-likeness (QED) is 0.690. The molecule has 0 saturated heterocycles. The number of fused-ring (bicyclic) bond motifs is 2. The van der Waals surface area contributed by atoms with Crippen molar-refractivity contribution in [2.24, 2.45) is 0 Å². The highest BCUT2D eigenvalue weighted by Crippen LogP contribution is 2.55. The van der Waals surface area contributed by atoms with E-state index in [1.807, 2.05) is 26.0 Å². The number of amides is 1. The maximum Gasteiger partial charge on any atom is 0.235 e. The van der Waals surface area contributed by atoms with Gasteiger partial charge in [0.05, 0.1) is 5.41 Å². The predicted octanol–water partition coefficient (Wildman–Crippen LogP) is 3.00. The highest BCUT2D eigenvalue weighted by Gasteiger charge is 2.56. The summed E-state index contributed by atoms with van der Waals surface area (Å²) in [7, 11) is 0. The minimum absolute atomic E-state index is 0.124. The zero-order valence-corrected chi connectivity index (χ0v) is 9.55. The molecule has 2 heteroatoms. The lowest BCUT2D eigenvalue weighted by Crippen LogP contribution is -2.18. The van der Waals surface area contributed by atoms with E-state index in [9.17, 15) is 4.79 Å². The van der Waals surface area contributed by atoms with Crippen LogP contribution in [-0.4, -0.2) is 5.91 Å². The van der Waals surface area contributed by atoms with Gasteiger partial charge in [0.15, 0.2) is 0 Å². The third kappa shape index (κ3) is 1.28. The fourth-order valence-corrected chi connectivity index (χ4v) is 2.36. The number of carbonyl (C=O) groups is 1. The monoisotopic (exact) mass is 203 g/mol. The average molecular weight is 203 g/mol. The van der Waals surface area contributed by atoms with E-state index in [4.69, 9.17) is 0 Å². The van der Waals surface area contributed by atoms with Crippen LogP contribution in [0.5, 0.6) is 0 Å². The van der Waals surface area contributed by atoms with Crippen LogP contribution in [0.3, 0.4) is 0 Å². The summed E-state index contributed by atoms with van der Waals surface area (Å²) in [4.78, 5) is 11.7. The molecular weight excluding hydrogens is 186 g/mol. The fourth-order valence-electron chi connectivity index (χ4n) is 2.36. The number of nitrogens with one attached hydrogen (secondary N) is 1. The van der Waals surface area contributed by atoms with Gasteiger partial charge in [-0.2, -0.15) is 0 Å². The molecule has 1 aliphatic carbocycles. The summed E-state index contributed by atoms with van der Waals surface area (Å²) in [5.41, 5.74) is 3.40. The van der Waals surface area contributed by atoms with Crippen molar-refractivity contribution < 1.29 is 4.79 Å². The van der Waals surface area contributed by atoms with E-state index >= 15 is 0 Å². The number of anilines is 1. The van der Waals surface area contributed by atoms with E-state index in [2.05, 4.69) is 18.3 Å². The van der Waals surface area contributed by atoms with Gasteiger partial charge in [-0.1, -0.05) is 26.0 Å². The van der Waals surface area contributed by atoms with E-state index in [1.165, 1.54) is 11.1 Å². The molecule has 1 spiro atoms. The Labute approximate surface area is 90.7 Å². The third-order valence-corrected chi connectivity index (χ3v) is 3.18. The van der Waals surface area contributed by atoms with Crippen LogP contribution in [0.1, 0.15) is 37.8 Å². The second-order valence-corrected chi connectivity index (χ2v) is 4.03. The van der Waals surface area contributed by atoms with Crippen molar-refractivity contribution >= 4 is 11.6 Å². The first-order valence-corrected chi connectivity index (χ1v) is 5.66. The third-order valence-electron chi connectivity index (χ3n) is 3.18. The summed E-state index contributed by atoms with van der Waals surface area (Å²) < 4.78 is 0. The lowest BCUT2D eigenvalue weighted by Gasteiger charge is -2.07. The lowest BCUT2D eigenvalue weighted by atomic mass is 9.93. The summed E-state index contributed by atoms with van der Waals surface area (Å²) in [5.74, 6) is 0.205. The molecule has 2 aliphatic rings. The van der Waals surface area contributed by atoms with Crippen LogP contribution in [0.2, 0.25) is 0 Å². The normalized spacial score (nSPS) is 19.0. The van der Waals surface area contributed by atoms with Crippen molar-refractivity contribution in [3.63, 3.8) is 0 Å². The van der Waals surface area contributed by atoms with Gasteiger partial charge in [-0.25, -0.2) is 0 Å². The van der Waals surface area contributed by atoms with Crippen molar-refractivity contribution in [1.29, 1.82) is 0 Å². The van der Waals surface area contributed by atoms with Crippen LogP contribution in [-0.2, 0) is 10.2 Å². The maximum atomic E-state index is 11.7. The van der Waals surface area contributed by atoms with Gasteiger partial charge in [0.2, 0.25) is 5.91 Å². The number of hydrogen-bond acceptors (Lipinski definition) is 1. The summed E-state index contributed by atoms with van der Waals surface area (Å²) in [5, 5.41) is 2.95. The van der Waals surface area contributed by atoms with Gasteiger partial charge in [0.25, 0.3) is 0 Å². The maximum absolute atomic E-state index is 11.7. The van der Waals surface area contributed by atoms with Crippen LogP contribution >= 0.6 is 0 Å². The molecule has 2 nitrogen and oxygen atoms in total. The van der Waals surface area contributed by atoms with Crippen LogP contribution in [0.4, 0.5) is 5.69 Å². The Morgan fingerprint density at radius 3 is 2.53 bits per heavy atom. The average Bonchev–Trinajstić information content (AvgIpc) is 2.96. The number of aryl methyl sites for hydroxylation is 1. The first-order chi connectivity index (χ1) is 7.24. The Morgan fingerprint density at radius 1 is 1.27 bits per heavy atom. The number of rotatable bonds is 0. The van der Waals surface area contributed by atoms with Gasteiger partial charge < -0.3 is 5.32 Å². The molecule has 80 valence electrons. The topological polar surface area (TPSA) is 29.1 Å². The van der Waals surface area contributed by atoms with E-state index < -0.39 is 0 Å². The minimum atomic E-state index is -0.124. The van der Waals surface area contributed by atoms with Crippen LogP contribution in [0, 0.1) is 6.92 Å². The van der Waals surface area contributed by atoms with Crippen molar-refractivity contribution in [3.8, 4) is 0 Å². The second-order valence-electron chi connectivity index (χ2n) is 4.03. The summed E-state index contributed by atoms with van der Waals surface area (Å²) >= 11 is 0. The first-order valence-electron chi connectivity index (χ1n) is 5.66. The van der Waals surface area contributed by atoms with Crippen LogP contribution in [0.15, 0.2) is 18.2 Å². The number of carbonyl (C=O) groups excluding carboxylic acids is 1. The zero-order chi connectivity index (χ0) is 11.1. The van der Waals surface area contributed by atoms with Gasteiger partial charge >= 0.3 is 0 Å². The SMILES string of the molecule is CC.Cc1cccc2c1C1(CC1)C(=O)N2. The molecule has 15 heavy (non-hydrogen) atoms. The van der Waals surface area contributed by atoms with Crippen LogP contribution < -0.4 is 5.32 Å². The number of benzene rings is 1. The largest absolute Gasteiger partial charge is 0.325 e. The molecule has 0 unspecified atom stereocenters. The highest BCUT2D eigenvalue weighted by molar-refractivity contribution is 6.08. The Morgan fingerprint density at radius 2 is 1.93 bits per heavy atom. The Bertz CT molecular complexity index is 405. The molecule has 1 N–H and O–H groups in total. The molecule has 1 heterocycles. The summed E-state index contributed by atoms with van der Waals surface area (Å²) in [6, 6.07) is 6.07. The molecule has 1 fully saturated rings. The van der Waals surface area contributed by atoms with Crippen molar-refractivity contribution in [2.75, 3.05) is 5.32 Å². The van der Waals surface area contributed by atoms with Crippen molar-refractivity contribution in [3.05, 3.63) is 29.3 Å². The summed E-state index contributed by atoms with van der Waals surface area (Å²) in [6.45, 7) is 6.08. The Kier molecular flexibility index (Phi) is 2.29. The lowest BCUT2D eigenvalue weighted by molar-refractivity contribution is -0.117. The second kappa shape index (κ2) is 3.37. The smallest absolute Gasteiger partial charge is 0.235 e. The highest BCUT2D eigenvalue weighted by atomic mass is 16.2. The molecule has 1 saturated carbocycles. The first kappa shape index (κ1) is 10.2. The van der Waals surface area contributed by atoms with E-state index in [-0.39, 0.29) is 11.3 Å². The van der Waals surface area contributed by atoms with E-state index in [0.29, 0.717) is 0 Å². The molecule has 1 aromatic carbocycles. The van der Waals surface area contributed by atoms with Gasteiger partial charge in [-0.05, 0) is 37.0 Å². The molecule has 0 aromatic heterocycles. The van der Waals surface area contributed by atoms with Crippen LogP contribution in [0.25, 0.3) is 0 Å². The van der Waals surface area contributed by atoms with Gasteiger partial charge in [0.1, 0.15) is 0 Å². The van der Waals surface area contributed by atoms with Crippen molar-refractivity contribution in [2.45, 2.75) is 39.0 Å². The standard InChI is InChI=1S/C11H11NO.C2H6/c1-7-3-2-4-8-9(7)11(5-6-11)10(13)12-8;1-2/h2-4H,5-6H2,1H3,(H,12,13);1-2H3. The molecule has 0 radical (unpaired) electrons. The van der Waals surface area contributed by atoms with E-state index in [1.54, 1.807) is 0 Å². The molecule has 1 aromatic rings. The molecule has 1 aliphatic heterocycles. The molecular formula is C13H17NO. The van der Waals surface area contributed by atoms with Gasteiger partial charge in [-0.15, -0.1) is 0 Å². The predicted molar refractivity (Wildman–Crippen MR) is 62.1 cm³/mol. The molecule has 0 bridgehead atoms. The Balaban J connectivity index is 0.000000404. The van der Waals surface area contributed by atoms with Gasteiger partial charge in [0, 0.05) is 5.69 Å². The molecule has 0 atom stereocenters. The van der Waals surface area contributed by atoms with Crippen molar-refractivity contribution in [1.82, 2.24) is 0 Å².